The fourth-order valence-corrected chi connectivity index (χ4v) is 3.47. The molecule has 0 N–H and O–H groups in total. The first-order valence-corrected chi connectivity index (χ1v) is 9.25. The van der Waals surface area contributed by atoms with E-state index in [9.17, 15) is 0 Å². The Balaban J connectivity index is 0.00000116. The summed E-state index contributed by atoms with van der Waals surface area (Å²) in [5.74, 6) is 8.64. The van der Waals surface area contributed by atoms with Gasteiger partial charge in [0.25, 0.3) is 0 Å². The van der Waals surface area contributed by atoms with Gasteiger partial charge in [0.1, 0.15) is 0 Å². The smallest absolute Gasteiger partial charge is 0.0601 e. The van der Waals surface area contributed by atoms with E-state index in [2.05, 4.69) is 48.6 Å². The molecule has 0 amide bonds. The molecule has 22 heavy (non-hydrogen) atoms. The quantitative estimate of drug-likeness (QED) is 0.571. The fourth-order valence-electron chi connectivity index (χ4n) is 3.47. The maximum atomic E-state index is 3.54. The maximum Gasteiger partial charge on any atom is 0.0601 e. The standard InChI is InChI=1S/C18H32N2.C2H4/c1-3-11-19-15-9-18(10-16-19)6-5-12-20-13-7-17(4-2)8-14-20;1-2/h17-18H,3-4,7-16H2,1-2H3;1-2H2. The third kappa shape index (κ3) is 6.99. The molecular formula is C20H36N2. The number of piperidine rings is 2. The molecule has 0 bridgehead atoms. The van der Waals surface area contributed by atoms with E-state index in [1.54, 1.807) is 0 Å². The van der Waals surface area contributed by atoms with E-state index in [0.717, 1.165) is 12.5 Å². The summed E-state index contributed by atoms with van der Waals surface area (Å²) in [6, 6.07) is 0. The van der Waals surface area contributed by atoms with Gasteiger partial charge in [0.05, 0.1) is 6.54 Å². The predicted molar refractivity (Wildman–Crippen MR) is 97.9 cm³/mol. The molecular weight excluding hydrogens is 268 g/mol. The molecule has 0 saturated carbocycles. The van der Waals surface area contributed by atoms with Crippen LogP contribution in [-0.4, -0.2) is 49.1 Å². The Bertz CT molecular complexity index is 325. The highest BCUT2D eigenvalue weighted by molar-refractivity contribution is 5.07. The highest BCUT2D eigenvalue weighted by atomic mass is 15.1. The molecule has 0 aromatic rings. The number of nitrogens with zero attached hydrogens (tertiary/aromatic N) is 2. The van der Waals surface area contributed by atoms with Crippen molar-refractivity contribution < 1.29 is 0 Å². The first-order chi connectivity index (χ1) is 10.8. The lowest BCUT2D eigenvalue weighted by atomic mass is 9.94. The van der Waals surface area contributed by atoms with Crippen LogP contribution in [0.4, 0.5) is 0 Å². The SMILES string of the molecule is C=C.CCCN1CCC(C#CCN2CCC(CC)CC2)CC1. The van der Waals surface area contributed by atoms with Crippen LogP contribution in [0.15, 0.2) is 13.2 Å². The molecule has 0 aromatic carbocycles. The van der Waals surface area contributed by atoms with Crippen LogP contribution < -0.4 is 0 Å². The van der Waals surface area contributed by atoms with Crippen molar-refractivity contribution in [3.8, 4) is 11.8 Å². The highest BCUT2D eigenvalue weighted by Gasteiger charge is 2.18. The summed E-state index contributed by atoms with van der Waals surface area (Å²) in [4.78, 5) is 5.14. The molecule has 0 radical (unpaired) electrons. The van der Waals surface area contributed by atoms with Gasteiger partial charge in [-0.3, -0.25) is 4.90 Å². The Labute approximate surface area is 138 Å². The van der Waals surface area contributed by atoms with Crippen LogP contribution in [-0.2, 0) is 0 Å². The predicted octanol–water partition coefficient (Wildman–Crippen LogP) is 4.04. The van der Waals surface area contributed by atoms with E-state index < -0.39 is 0 Å². The largest absolute Gasteiger partial charge is 0.303 e. The van der Waals surface area contributed by atoms with Gasteiger partial charge in [0.2, 0.25) is 0 Å². The molecule has 2 heteroatoms. The van der Waals surface area contributed by atoms with Crippen molar-refractivity contribution in [1.82, 2.24) is 9.80 Å². The van der Waals surface area contributed by atoms with Crippen molar-refractivity contribution in [3.05, 3.63) is 13.2 Å². The Morgan fingerprint density at radius 1 is 0.909 bits per heavy atom. The van der Waals surface area contributed by atoms with Crippen LogP contribution >= 0.6 is 0 Å². The lowest BCUT2D eigenvalue weighted by Gasteiger charge is -2.30. The average Bonchev–Trinajstić information content (AvgIpc) is 2.59. The molecule has 0 aromatic heterocycles. The maximum absolute atomic E-state index is 3.54. The summed E-state index contributed by atoms with van der Waals surface area (Å²) in [6.45, 7) is 17.9. The van der Waals surface area contributed by atoms with E-state index in [0.29, 0.717) is 5.92 Å². The molecule has 2 rings (SSSR count). The molecule has 0 spiro atoms. The second kappa shape index (κ2) is 11.7. The average molecular weight is 305 g/mol. The number of hydrogen-bond acceptors (Lipinski definition) is 2. The summed E-state index contributed by atoms with van der Waals surface area (Å²) in [5.41, 5.74) is 0. The zero-order valence-corrected chi connectivity index (χ0v) is 14.9. The van der Waals surface area contributed by atoms with Crippen molar-refractivity contribution in [1.29, 1.82) is 0 Å². The lowest BCUT2D eigenvalue weighted by molar-refractivity contribution is 0.199. The van der Waals surface area contributed by atoms with E-state index in [-0.39, 0.29) is 0 Å². The van der Waals surface area contributed by atoms with Crippen molar-refractivity contribution in [2.45, 2.75) is 52.4 Å². The van der Waals surface area contributed by atoms with Crippen molar-refractivity contribution in [2.75, 3.05) is 39.3 Å². The number of hydrogen-bond donors (Lipinski definition) is 0. The van der Waals surface area contributed by atoms with Crippen LogP contribution in [0.5, 0.6) is 0 Å². The van der Waals surface area contributed by atoms with E-state index >= 15 is 0 Å². The fraction of sp³-hybridized carbons (Fsp3) is 0.800. The van der Waals surface area contributed by atoms with Crippen LogP contribution in [0.3, 0.4) is 0 Å². The minimum absolute atomic E-state index is 0.663. The van der Waals surface area contributed by atoms with Crippen LogP contribution in [0.1, 0.15) is 52.4 Å². The normalized spacial score (nSPS) is 21.5. The van der Waals surface area contributed by atoms with Crippen LogP contribution in [0.2, 0.25) is 0 Å². The molecule has 2 aliphatic heterocycles. The zero-order valence-electron chi connectivity index (χ0n) is 14.9. The summed E-state index contributed by atoms with van der Waals surface area (Å²) in [6.07, 6.45) is 7.97. The topological polar surface area (TPSA) is 6.48 Å². The van der Waals surface area contributed by atoms with Gasteiger partial charge >= 0.3 is 0 Å². The van der Waals surface area contributed by atoms with Gasteiger partial charge in [-0.1, -0.05) is 32.1 Å². The summed E-state index contributed by atoms with van der Waals surface area (Å²) in [5, 5.41) is 0. The summed E-state index contributed by atoms with van der Waals surface area (Å²) in [7, 11) is 0. The van der Waals surface area contributed by atoms with Crippen LogP contribution in [0.25, 0.3) is 0 Å². The van der Waals surface area contributed by atoms with Gasteiger partial charge in [0, 0.05) is 5.92 Å². The molecule has 2 heterocycles. The Kier molecular flexibility index (Phi) is 10.3. The molecule has 0 atom stereocenters. The van der Waals surface area contributed by atoms with Gasteiger partial charge in [0.15, 0.2) is 0 Å². The van der Waals surface area contributed by atoms with Gasteiger partial charge < -0.3 is 4.90 Å². The molecule has 0 unspecified atom stereocenters. The van der Waals surface area contributed by atoms with Gasteiger partial charge in [-0.15, -0.1) is 13.2 Å². The van der Waals surface area contributed by atoms with Crippen molar-refractivity contribution in [3.63, 3.8) is 0 Å². The summed E-state index contributed by atoms with van der Waals surface area (Å²) < 4.78 is 0. The number of rotatable bonds is 4. The van der Waals surface area contributed by atoms with E-state index in [1.165, 1.54) is 71.2 Å². The van der Waals surface area contributed by atoms with E-state index in [4.69, 9.17) is 0 Å². The minimum Gasteiger partial charge on any atom is -0.303 e. The second-order valence-corrected chi connectivity index (χ2v) is 6.56. The molecule has 2 nitrogen and oxygen atoms in total. The molecule has 126 valence electrons. The zero-order chi connectivity index (χ0) is 16.2. The van der Waals surface area contributed by atoms with Crippen LogP contribution in [0, 0.1) is 23.7 Å². The first-order valence-electron chi connectivity index (χ1n) is 9.25. The molecule has 2 saturated heterocycles. The minimum atomic E-state index is 0.663. The van der Waals surface area contributed by atoms with Gasteiger partial charge in [-0.2, -0.15) is 0 Å². The molecule has 2 aliphatic rings. The number of likely N-dealkylation sites (tertiary alicyclic amines) is 2. The third-order valence-corrected chi connectivity index (χ3v) is 5.02. The molecule has 0 aliphatic carbocycles. The third-order valence-electron chi connectivity index (χ3n) is 5.02. The Morgan fingerprint density at radius 2 is 1.50 bits per heavy atom. The lowest BCUT2D eigenvalue weighted by Crippen LogP contribution is -2.34. The van der Waals surface area contributed by atoms with Gasteiger partial charge in [-0.25, -0.2) is 0 Å². The van der Waals surface area contributed by atoms with Crippen molar-refractivity contribution in [2.24, 2.45) is 11.8 Å². The highest BCUT2D eigenvalue weighted by Crippen LogP contribution is 2.19. The monoisotopic (exact) mass is 304 g/mol. The van der Waals surface area contributed by atoms with E-state index in [1.807, 2.05) is 0 Å². The van der Waals surface area contributed by atoms with Crippen molar-refractivity contribution >= 4 is 0 Å². The summed E-state index contributed by atoms with van der Waals surface area (Å²) >= 11 is 0. The van der Waals surface area contributed by atoms with Gasteiger partial charge in [-0.05, 0) is 70.7 Å². The Hall–Kier alpha value is -0.780. The second-order valence-electron chi connectivity index (χ2n) is 6.56. The Morgan fingerprint density at radius 3 is 2.05 bits per heavy atom. The molecule has 2 fully saturated rings. The first kappa shape index (κ1) is 19.3.